The van der Waals surface area contributed by atoms with Gasteiger partial charge in [0.05, 0.1) is 15.8 Å². The number of rotatable bonds is 6. The van der Waals surface area contributed by atoms with Gasteiger partial charge in [-0.1, -0.05) is 60.5 Å². The lowest BCUT2D eigenvalue weighted by Gasteiger charge is -2.36. The number of amides is 2. The van der Waals surface area contributed by atoms with Crippen molar-refractivity contribution in [2.75, 3.05) is 39.3 Å². The number of hydrogen-bond donors (Lipinski definition) is 0. The second-order valence-corrected chi connectivity index (χ2v) is 10.1. The molecule has 7 heteroatoms. The van der Waals surface area contributed by atoms with Crippen molar-refractivity contribution in [2.24, 2.45) is 0 Å². The van der Waals surface area contributed by atoms with Crippen molar-refractivity contribution in [3.8, 4) is 0 Å². The van der Waals surface area contributed by atoms with E-state index in [4.69, 9.17) is 11.6 Å². The molecule has 0 radical (unpaired) electrons. The van der Waals surface area contributed by atoms with Gasteiger partial charge in [-0.15, -0.1) is 11.8 Å². The van der Waals surface area contributed by atoms with Gasteiger partial charge in [0.2, 0.25) is 5.91 Å². The van der Waals surface area contributed by atoms with Gasteiger partial charge in [-0.3, -0.25) is 14.5 Å². The van der Waals surface area contributed by atoms with Crippen LogP contribution in [0.5, 0.6) is 0 Å². The maximum atomic E-state index is 13.0. The fourth-order valence-corrected chi connectivity index (χ4v) is 5.95. The Morgan fingerprint density at radius 2 is 1.72 bits per heavy atom. The minimum atomic E-state index is -0.00778. The SMILES string of the molecule is CCC1SC(c2ccc(C)cc2)N(CCN2CCN(C(=O)c3ccccc3Cl)CC2)C1=O. The van der Waals surface area contributed by atoms with E-state index in [0.717, 1.165) is 26.1 Å². The second kappa shape index (κ2) is 10.3. The molecule has 2 fully saturated rings. The molecule has 0 N–H and O–H groups in total. The van der Waals surface area contributed by atoms with E-state index in [1.807, 2.05) is 21.9 Å². The summed E-state index contributed by atoms with van der Waals surface area (Å²) in [4.78, 5) is 32.1. The molecule has 5 nitrogen and oxygen atoms in total. The molecule has 2 aromatic rings. The van der Waals surface area contributed by atoms with Crippen molar-refractivity contribution in [1.29, 1.82) is 0 Å². The zero-order chi connectivity index (χ0) is 22.7. The molecule has 0 bridgehead atoms. The van der Waals surface area contributed by atoms with Crippen molar-refractivity contribution in [1.82, 2.24) is 14.7 Å². The lowest BCUT2D eigenvalue weighted by Crippen LogP contribution is -2.50. The van der Waals surface area contributed by atoms with Gasteiger partial charge < -0.3 is 9.80 Å². The minimum absolute atomic E-state index is 0.00778. The van der Waals surface area contributed by atoms with Crippen LogP contribution in [0.2, 0.25) is 5.02 Å². The van der Waals surface area contributed by atoms with E-state index in [1.165, 1.54) is 11.1 Å². The zero-order valence-electron chi connectivity index (χ0n) is 18.7. The van der Waals surface area contributed by atoms with Crippen LogP contribution >= 0.6 is 23.4 Å². The van der Waals surface area contributed by atoms with Crippen molar-refractivity contribution in [2.45, 2.75) is 30.9 Å². The number of halogens is 1. The summed E-state index contributed by atoms with van der Waals surface area (Å²) in [6.45, 7) is 8.64. The molecule has 2 heterocycles. The molecule has 2 saturated heterocycles. The summed E-state index contributed by atoms with van der Waals surface area (Å²) in [6.07, 6.45) is 0.852. The first-order valence-corrected chi connectivity index (χ1v) is 12.6. The molecule has 0 spiro atoms. The number of benzene rings is 2. The molecular formula is C25H30ClN3O2S. The van der Waals surface area contributed by atoms with Crippen LogP contribution in [0, 0.1) is 6.92 Å². The Kier molecular flexibility index (Phi) is 7.44. The topological polar surface area (TPSA) is 43.9 Å². The molecule has 32 heavy (non-hydrogen) atoms. The molecule has 2 aliphatic rings. The highest BCUT2D eigenvalue weighted by Crippen LogP contribution is 2.44. The Bertz CT molecular complexity index is 960. The standard InChI is InChI=1S/C25H30ClN3O2S/c1-3-22-24(31)29(25(32-22)19-10-8-18(2)9-11-19)17-14-27-12-15-28(16-13-27)23(30)20-6-4-5-7-21(20)26/h4-11,22,25H,3,12-17H2,1-2H3. The molecule has 2 atom stereocenters. The second-order valence-electron chi connectivity index (χ2n) is 8.44. The van der Waals surface area contributed by atoms with Gasteiger partial charge in [0.25, 0.3) is 5.91 Å². The number of piperazine rings is 1. The number of hydrogen-bond acceptors (Lipinski definition) is 4. The highest BCUT2D eigenvalue weighted by Gasteiger charge is 2.40. The largest absolute Gasteiger partial charge is 0.336 e. The van der Waals surface area contributed by atoms with Crippen LogP contribution in [0.15, 0.2) is 48.5 Å². The van der Waals surface area contributed by atoms with Crippen LogP contribution in [0.4, 0.5) is 0 Å². The molecule has 2 amide bonds. The van der Waals surface area contributed by atoms with Gasteiger partial charge >= 0.3 is 0 Å². The van der Waals surface area contributed by atoms with Gasteiger partial charge in [-0.05, 0) is 31.0 Å². The quantitative estimate of drug-likeness (QED) is 0.624. The van der Waals surface area contributed by atoms with Gasteiger partial charge in [-0.2, -0.15) is 0 Å². The molecule has 170 valence electrons. The number of carbonyl (C=O) groups is 2. The molecule has 2 unspecified atom stereocenters. The number of aryl methyl sites for hydroxylation is 1. The Morgan fingerprint density at radius 3 is 2.38 bits per heavy atom. The smallest absolute Gasteiger partial charge is 0.255 e. The number of thioether (sulfide) groups is 1. The third-order valence-corrected chi connectivity index (χ3v) is 8.27. The average molecular weight is 472 g/mol. The summed E-state index contributed by atoms with van der Waals surface area (Å²) in [7, 11) is 0. The van der Waals surface area contributed by atoms with Crippen molar-refractivity contribution < 1.29 is 9.59 Å². The van der Waals surface area contributed by atoms with E-state index in [-0.39, 0.29) is 22.4 Å². The summed E-state index contributed by atoms with van der Waals surface area (Å²) in [5.41, 5.74) is 2.99. The Balaban J connectivity index is 1.34. The first-order valence-electron chi connectivity index (χ1n) is 11.3. The number of nitrogens with zero attached hydrogens (tertiary/aromatic N) is 3. The predicted octanol–water partition coefficient (Wildman–Crippen LogP) is 4.46. The summed E-state index contributed by atoms with van der Waals surface area (Å²) >= 11 is 7.97. The van der Waals surface area contributed by atoms with Gasteiger partial charge in [-0.25, -0.2) is 0 Å². The van der Waals surface area contributed by atoms with E-state index in [2.05, 4.69) is 43.0 Å². The molecule has 0 aromatic heterocycles. The molecular weight excluding hydrogens is 442 g/mol. The van der Waals surface area contributed by atoms with E-state index in [9.17, 15) is 9.59 Å². The Hall–Kier alpha value is -2.02. The molecule has 0 aliphatic carbocycles. The molecule has 0 saturated carbocycles. The van der Waals surface area contributed by atoms with Crippen molar-refractivity contribution in [3.05, 3.63) is 70.2 Å². The van der Waals surface area contributed by atoms with Crippen LogP contribution in [-0.4, -0.2) is 71.0 Å². The normalized spacial score (nSPS) is 21.9. The third-order valence-electron chi connectivity index (χ3n) is 6.29. The van der Waals surface area contributed by atoms with Crippen LogP contribution in [0.1, 0.15) is 40.2 Å². The average Bonchev–Trinajstić information content (AvgIpc) is 3.13. The lowest BCUT2D eigenvalue weighted by atomic mass is 10.1. The van der Waals surface area contributed by atoms with Gasteiger partial charge in [0.1, 0.15) is 5.37 Å². The van der Waals surface area contributed by atoms with Crippen molar-refractivity contribution in [3.63, 3.8) is 0 Å². The van der Waals surface area contributed by atoms with Crippen LogP contribution in [0.25, 0.3) is 0 Å². The summed E-state index contributed by atoms with van der Waals surface area (Å²) < 4.78 is 0. The summed E-state index contributed by atoms with van der Waals surface area (Å²) in [5.74, 6) is 0.238. The zero-order valence-corrected chi connectivity index (χ0v) is 20.2. The molecule has 4 rings (SSSR count). The number of carbonyl (C=O) groups excluding carboxylic acids is 2. The fourth-order valence-electron chi connectivity index (χ4n) is 4.30. The maximum absolute atomic E-state index is 13.0. The van der Waals surface area contributed by atoms with E-state index in [1.54, 1.807) is 23.9 Å². The summed E-state index contributed by atoms with van der Waals surface area (Å²) in [5, 5.41) is 0.611. The first-order chi connectivity index (χ1) is 15.5. The Morgan fingerprint density at radius 1 is 1.03 bits per heavy atom. The van der Waals surface area contributed by atoms with Crippen LogP contribution in [-0.2, 0) is 4.79 Å². The maximum Gasteiger partial charge on any atom is 0.255 e. The van der Waals surface area contributed by atoms with Gasteiger partial charge in [0, 0.05) is 39.3 Å². The Labute approximate surface area is 199 Å². The highest BCUT2D eigenvalue weighted by atomic mass is 35.5. The van der Waals surface area contributed by atoms with Gasteiger partial charge in [0.15, 0.2) is 0 Å². The predicted molar refractivity (Wildman–Crippen MR) is 131 cm³/mol. The summed E-state index contributed by atoms with van der Waals surface area (Å²) in [6, 6.07) is 15.7. The minimum Gasteiger partial charge on any atom is -0.336 e. The highest BCUT2D eigenvalue weighted by molar-refractivity contribution is 8.01. The van der Waals surface area contributed by atoms with E-state index < -0.39 is 0 Å². The van der Waals surface area contributed by atoms with E-state index in [0.29, 0.717) is 30.2 Å². The molecule has 2 aliphatic heterocycles. The monoisotopic (exact) mass is 471 g/mol. The van der Waals surface area contributed by atoms with Crippen LogP contribution in [0.3, 0.4) is 0 Å². The molecule has 2 aromatic carbocycles. The van der Waals surface area contributed by atoms with Crippen LogP contribution < -0.4 is 0 Å². The lowest BCUT2D eigenvalue weighted by molar-refractivity contribution is -0.130. The van der Waals surface area contributed by atoms with Crippen molar-refractivity contribution >= 4 is 35.2 Å². The third kappa shape index (κ3) is 4.98. The first kappa shape index (κ1) is 23.1. The fraction of sp³-hybridized carbons (Fsp3) is 0.440. The van der Waals surface area contributed by atoms with E-state index >= 15 is 0 Å².